The first-order valence-electron chi connectivity index (χ1n) is 13.9. The Morgan fingerprint density at radius 2 is 1.68 bits per heavy atom. The van der Waals surface area contributed by atoms with Crippen molar-refractivity contribution < 1.29 is 22.8 Å². The van der Waals surface area contributed by atoms with E-state index in [1.807, 2.05) is 39.0 Å². The molecule has 11 heteroatoms. The predicted molar refractivity (Wildman–Crippen MR) is 152 cm³/mol. The lowest BCUT2D eigenvalue weighted by Gasteiger charge is -2.38. The van der Waals surface area contributed by atoms with E-state index >= 15 is 0 Å². The average Bonchev–Trinajstić information content (AvgIpc) is 3.67. The fourth-order valence-electron chi connectivity index (χ4n) is 6.48. The van der Waals surface area contributed by atoms with Gasteiger partial charge in [-0.05, 0) is 92.7 Å². The van der Waals surface area contributed by atoms with E-state index in [9.17, 15) is 22.8 Å². The molecule has 0 radical (unpaired) electrons. The van der Waals surface area contributed by atoms with E-state index in [0.29, 0.717) is 0 Å². The number of sulfonamides is 1. The van der Waals surface area contributed by atoms with Crippen LogP contribution in [-0.2, 0) is 52.5 Å². The molecule has 2 heterocycles. The maximum absolute atomic E-state index is 13.2. The average molecular weight is 576 g/mol. The first-order valence-corrected chi connectivity index (χ1v) is 15.4. The van der Waals surface area contributed by atoms with Crippen LogP contribution in [0.4, 0.5) is 10.5 Å². The topological polar surface area (TPSA) is 130 Å². The Morgan fingerprint density at radius 1 is 1.00 bits per heavy atom. The molecule has 0 spiro atoms. The minimum absolute atomic E-state index is 0.195. The molecule has 0 bridgehead atoms. The number of aryl methyl sites for hydroxylation is 3. The van der Waals surface area contributed by atoms with Crippen molar-refractivity contribution in [2.24, 2.45) is 0 Å². The van der Waals surface area contributed by atoms with Gasteiger partial charge in [0.25, 0.3) is 15.9 Å². The van der Waals surface area contributed by atoms with Gasteiger partial charge in [0.15, 0.2) is 0 Å². The third-order valence-electron chi connectivity index (χ3n) is 8.51. The quantitative estimate of drug-likeness (QED) is 0.478. The van der Waals surface area contributed by atoms with Gasteiger partial charge < -0.3 is 10.2 Å². The molecule has 3 aromatic rings. The predicted octanol–water partition coefficient (Wildman–Crippen LogP) is 3.64. The minimum atomic E-state index is -4.31. The van der Waals surface area contributed by atoms with E-state index < -0.39 is 27.4 Å². The van der Waals surface area contributed by atoms with Crippen LogP contribution in [0.5, 0.6) is 0 Å². The van der Waals surface area contributed by atoms with E-state index in [-0.39, 0.29) is 23.9 Å². The van der Waals surface area contributed by atoms with Crippen LogP contribution >= 0.6 is 0 Å². The number of rotatable bonds is 5. The molecule has 0 unspecified atom stereocenters. The molecule has 0 fully saturated rings. The number of amides is 3. The lowest BCUT2D eigenvalue weighted by atomic mass is 9.77. The highest BCUT2D eigenvalue weighted by atomic mass is 32.2. The standard InChI is InChI=1S/C30H33N5O5S/c1-18-10-11-25-21(12-18)15-34(28(37)30(25,2)3)17-26(36)35-16-22(14-31-35)41(39,40)33-29(38)32-27-23-8-4-6-19(23)13-20-7-5-9-24(20)27/h10-14,16H,4-9,15,17H2,1-3H3,(H2,32,33,38). The number of carbonyl (C=O) groups is 3. The fourth-order valence-corrected chi connectivity index (χ4v) is 7.32. The summed E-state index contributed by atoms with van der Waals surface area (Å²) >= 11 is 0. The molecule has 3 amide bonds. The summed E-state index contributed by atoms with van der Waals surface area (Å²) in [5, 5.41) is 6.74. The molecule has 2 aromatic carbocycles. The summed E-state index contributed by atoms with van der Waals surface area (Å²) in [7, 11) is -4.31. The van der Waals surface area contributed by atoms with Gasteiger partial charge in [-0.25, -0.2) is 22.6 Å². The summed E-state index contributed by atoms with van der Waals surface area (Å²) in [5.41, 5.74) is 7.49. The summed E-state index contributed by atoms with van der Waals surface area (Å²) < 4.78 is 29.0. The molecule has 10 nitrogen and oxygen atoms in total. The first-order chi connectivity index (χ1) is 19.4. The maximum Gasteiger partial charge on any atom is 0.333 e. The minimum Gasteiger partial charge on any atom is -0.328 e. The summed E-state index contributed by atoms with van der Waals surface area (Å²) in [6.07, 6.45) is 7.71. The Labute approximate surface area is 239 Å². The summed E-state index contributed by atoms with van der Waals surface area (Å²) in [6, 6.07) is 7.30. The van der Waals surface area contributed by atoms with Crippen molar-refractivity contribution in [1.82, 2.24) is 19.4 Å². The second kappa shape index (κ2) is 9.83. The monoisotopic (exact) mass is 575 g/mol. The van der Waals surface area contributed by atoms with Gasteiger partial charge in [0, 0.05) is 12.2 Å². The van der Waals surface area contributed by atoms with Crippen LogP contribution < -0.4 is 10.0 Å². The normalized spacial score (nSPS) is 17.1. The lowest BCUT2D eigenvalue weighted by Crippen LogP contribution is -2.50. The van der Waals surface area contributed by atoms with Crippen LogP contribution in [-0.4, -0.2) is 47.5 Å². The van der Waals surface area contributed by atoms with Crippen LogP contribution in [0.1, 0.15) is 70.4 Å². The second-order valence-corrected chi connectivity index (χ2v) is 13.4. The van der Waals surface area contributed by atoms with E-state index in [2.05, 4.69) is 21.2 Å². The Bertz CT molecular complexity index is 1690. The highest BCUT2D eigenvalue weighted by molar-refractivity contribution is 7.90. The van der Waals surface area contributed by atoms with Crippen LogP contribution in [0.25, 0.3) is 0 Å². The molecule has 214 valence electrons. The molecule has 0 saturated heterocycles. The van der Waals surface area contributed by atoms with Gasteiger partial charge in [-0.15, -0.1) is 0 Å². The van der Waals surface area contributed by atoms with Crippen molar-refractivity contribution in [1.29, 1.82) is 0 Å². The number of aromatic nitrogens is 2. The molecule has 0 saturated carbocycles. The van der Waals surface area contributed by atoms with Crippen molar-refractivity contribution in [3.05, 3.63) is 75.6 Å². The van der Waals surface area contributed by atoms with Crippen molar-refractivity contribution in [3.63, 3.8) is 0 Å². The summed E-state index contributed by atoms with van der Waals surface area (Å²) in [6.45, 7) is 5.62. The van der Waals surface area contributed by atoms with E-state index in [1.54, 1.807) is 0 Å². The van der Waals surface area contributed by atoms with Crippen molar-refractivity contribution in [2.45, 2.75) is 76.2 Å². The largest absolute Gasteiger partial charge is 0.333 e. The summed E-state index contributed by atoms with van der Waals surface area (Å²) in [5.74, 6) is -0.758. The smallest absolute Gasteiger partial charge is 0.328 e. The number of hydrogen-bond donors (Lipinski definition) is 2. The van der Waals surface area contributed by atoms with Crippen molar-refractivity contribution >= 4 is 33.6 Å². The van der Waals surface area contributed by atoms with Crippen molar-refractivity contribution in [3.8, 4) is 0 Å². The van der Waals surface area contributed by atoms with Gasteiger partial charge >= 0.3 is 6.03 Å². The van der Waals surface area contributed by atoms with E-state index in [0.717, 1.165) is 89.1 Å². The van der Waals surface area contributed by atoms with Crippen molar-refractivity contribution in [2.75, 3.05) is 11.9 Å². The molecular weight excluding hydrogens is 542 g/mol. The summed E-state index contributed by atoms with van der Waals surface area (Å²) in [4.78, 5) is 40.3. The lowest BCUT2D eigenvalue weighted by molar-refractivity contribution is -0.137. The number of nitrogens with one attached hydrogen (secondary N) is 2. The number of urea groups is 1. The van der Waals surface area contributed by atoms with Gasteiger partial charge in [0.1, 0.15) is 11.4 Å². The fraction of sp³-hybridized carbons (Fsp3) is 0.400. The van der Waals surface area contributed by atoms with Gasteiger partial charge in [0.2, 0.25) is 5.91 Å². The zero-order chi connectivity index (χ0) is 29.1. The van der Waals surface area contributed by atoms with Crippen LogP contribution in [0.2, 0.25) is 0 Å². The zero-order valence-electron chi connectivity index (χ0n) is 23.4. The Morgan fingerprint density at radius 3 is 2.37 bits per heavy atom. The van der Waals surface area contributed by atoms with Gasteiger partial charge in [-0.1, -0.05) is 29.8 Å². The first kappa shape index (κ1) is 27.2. The Hall–Kier alpha value is -3.99. The number of hydrogen-bond acceptors (Lipinski definition) is 6. The SMILES string of the molecule is Cc1ccc2c(c1)CN(CC(=O)n1cc(S(=O)(=O)NC(=O)Nc3c4c(cc5c3CCC5)CCC4)cn1)C(=O)C2(C)C. The molecule has 1 aliphatic heterocycles. The Balaban J connectivity index is 1.16. The molecular formula is C30H33N5O5S. The van der Waals surface area contributed by atoms with E-state index in [4.69, 9.17) is 0 Å². The highest BCUT2D eigenvalue weighted by Crippen LogP contribution is 2.39. The highest BCUT2D eigenvalue weighted by Gasteiger charge is 2.40. The third-order valence-corrected chi connectivity index (χ3v) is 9.79. The number of nitrogens with zero attached hydrogens (tertiary/aromatic N) is 3. The molecule has 6 rings (SSSR count). The van der Waals surface area contributed by atoms with Crippen LogP contribution in [0.3, 0.4) is 0 Å². The second-order valence-electron chi connectivity index (χ2n) is 11.8. The number of carbonyl (C=O) groups excluding carboxylic acids is 3. The molecule has 0 atom stereocenters. The number of fused-ring (bicyclic) bond motifs is 3. The molecule has 41 heavy (non-hydrogen) atoms. The number of benzene rings is 2. The van der Waals surface area contributed by atoms with E-state index in [1.165, 1.54) is 16.0 Å². The molecule has 2 N–H and O–H groups in total. The zero-order valence-corrected chi connectivity index (χ0v) is 24.2. The maximum atomic E-state index is 13.2. The Kier molecular flexibility index (Phi) is 6.52. The van der Waals surface area contributed by atoms with Gasteiger partial charge in [-0.2, -0.15) is 5.10 Å². The molecule has 3 aliphatic rings. The molecule has 2 aliphatic carbocycles. The van der Waals surface area contributed by atoms with Gasteiger partial charge in [-0.3, -0.25) is 9.59 Å². The number of anilines is 1. The van der Waals surface area contributed by atoms with Crippen LogP contribution in [0, 0.1) is 6.92 Å². The molecule has 1 aromatic heterocycles. The van der Waals surface area contributed by atoms with Gasteiger partial charge in [0.05, 0.1) is 17.8 Å². The third kappa shape index (κ3) is 4.81. The van der Waals surface area contributed by atoms with Crippen LogP contribution in [0.15, 0.2) is 41.6 Å².